The molecule has 0 radical (unpaired) electrons. The van der Waals surface area contributed by atoms with Crippen LogP contribution < -0.4 is 21.7 Å². The first-order valence-electron chi connectivity index (χ1n) is 19.0. The van der Waals surface area contributed by atoms with E-state index in [4.69, 9.17) is 39.7 Å². The number of hydrogen-bond acceptors (Lipinski definition) is 12. The van der Waals surface area contributed by atoms with Crippen molar-refractivity contribution < 1.29 is 52.4 Å². The first kappa shape index (κ1) is 46.6. The maximum atomic E-state index is 13.4. The molecule has 0 aliphatic carbocycles. The average molecular weight is 770 g/mol. The molecule has 0 bridgehead atoms. The van der Waals surface area contributed by atoms with Crippen LogP contribution in [0, 0.1) is 0 Å². The Morgan fingerprint density at radius 1 is 0.981 bits per heavy atom. The zero-order chi connectivity index (χ0) is 40.5. The lowest BCUT2D eigenvalue weighted by Crippen LogP contribution is -2.69. The molecule has 18 heteroatoms. The van der Waals surface area contributed by atoms with E-state index in [0.717, 1.165) is 51.4 Å². The molecule has 0 aromatic carbocycles. The summed E-state index contributed by atoms with van der Waals surface area (Å²) in [6, 6.07) is -3.15. The number of nitrogens with two attached hydrogens (primary N) is 1. The number of esters is 1. The summed E-state index contributed by atoms with van der Waals surface area (Å²) in [5.41, 5.74) is 13.1. The maximum Gasteiger partial charge on any atom is 0.306 e. The third kappa shape index (κ3) is 17.3. The third-order valence-corrected chi connectivity index (χ3v) is 8.73. The number of carbonyl (C=O) groups is 5. The topological polar surface area (TPSA) is 252 Å². The number of nitrogens with one attached hydrogen (secondary N) is 3. The number of ether oxygens (including phenoxy) is 6. The standard InChI is InChI=1S/C36H63N7O11/c1-22(32(47)42-25(31(37)46)17-18-27(45)53-35(4,5)6)40-33(48)23(2)51-30-28(41-24(3)44)34(52-26-21-50-36(7,8)54-29(26)30)49-20-16-14-12-10-9-11-13-15-19-39-43-38/h22-23,25-26,28-30,34H,9-21H2,1-8H3,(H2,37,46)(H,40,48)(H,41,44)(H,42,47)/t22-,23+,25-,26+,28+,29+,30+,34+/m0/s1. The molecule has 2 heterocycles. The van der Waals surface area contributed by atoms with E-state index in [1.165, 1.54) is 20.8 Å². The Kier molecular flexibility index (Phi) is 19.6. The molecule has 18 nitrogen and oxygen atoms in total. The van der Waals surface area contributed by atoms with Crippen LogP contribution in [0.15, 0.2) is 5.11 Å². The van der Waals surface area contributed by atoms with E-state index in [0.29, 0.717) is 13.2 Å². The molecule has 2 aliphatic rings. The van der Waals surface area contributed by atoms with Gasteiger partial charge in [-0.1, -0.05) is 43.6 Å². The van der Waals surface area contributed by atoms with Gasteiger partial charge in [0, 0.05) is 31.4 Å². The summed E-state index contributed by atoms with van der Waals surface area (Å²) in [5, 5.41) is 11.5. The van der Waals surface area contributed by atoms with E-state index in [9.17, 15) is 24.0 Å². The van der Waals surface area contributed by atoms with Crippen molar-refractivity contribution in [3.8, 4) is 0 Å². The second kappa shape index (κ2) is 22.7. The van der Waals surface area contributed by atoms with Crippen LogP contribution >= 0.6 is 0 Å². The van der Waals surface area contributed by atoms with Gasteiger partial charge in [0.05, 0.1) is 6.61 Å². The minimum Gasteiger partial charge on any atom is -0.460 e. The molecule has 8 atom stereocenters. The molecule has 54 heavy (non-hydrogen) atoms. The van der Waals surface area contributed by atoms with Crippen molar-refractivity contribution in [2.75, 3.05) is 19.8 Å². The maximum absolute atomic E-state index is 13.4. The number of fused-ring (bicyclic) bond motifs is 1. The normalized spacial score (nSPS) is 23.7. The highest BCUT2D eigenvalue weighted by atomic mass is 16.8. The Morgan fingerprint density at radius 3 is 2.20 bits per heavy atom. The van der Waals surface area contributed by atoms with Crippen molar-refractivity contribution in [3.63, 3.8) is 0 Å². The van der Waals surface area contributed by atoms with E-state index in [1.54, 1.807) is 34.6 Å². The summed E-state index contributed by atoms with van der Waals surface area (Å²) >= 11 is 0. The zero-order valence-electron chi connectivity index (χ0n) is 33.2. The van der Waals surface area contributed by atoms with E-state index in [2.05, 4.69) is 26.0 Å². The lowest BCUT2D eigenvalue weighted by atomic mass is 9.94. The highest BCUT2D eigenvalue weighted by Crippen LogP contribution is 2.35. The van der Waals surface area contributed by atoms with E-state index in [1.807, 2.05) is 0 Å². The predicted molar refractivity (Wildman–Crippen MR) is 196 cm³/mol. The van der Waals surface area contributed by atoms with Gasteiger partial charge in [-0.2, -0.15) is 0 Å². The van der Waals surface area contributed by atoms with Gasteiger partial charge in [0.2, 0.25) is 23.6 Å². The van der Waals surface area contributed by atoms with E-state index >= 15 is 0 Å². The predicted octanol–water partition coefficient (Wildman–Crippen LogP) is 3.19. The number of nitrogens with zero attached hydrogens (tertiary/aromatic N) is 3. The number of carbonyl (C=O) groups excluding carboxylic acids is 5. The smallest absolute Gasteiger partial charge is 0.306 e. The number of amides is 4. The molecule has 0 spiro atoms. The molecule has 2 saturated heterocycles. The van der Waals surface area contributed by atoms with Crippen molar-refractivity contribution in [3.05, 3.63) is 10.4 Å². The number of azide groups is 1. The fourth-order valence-electron chi connectivity index (χ4n) is 6.04. The first-order chi connectivity index (χ1) is 25.3. The summed E-state index contributed by atoms with van der Waals surface area (Å²) < 4.78 is 36.1. The SMILES string of the molecule is CC(=O)N[C@H]1[C@H](OCCCCCCCCCCN=[N+]=[N-])O[C@@H]2COC(C)(C)O[C@H]2[C@@H]1O[C@H](C)C(=O)N[C@@H](C)C(=O)N[C@@H](CCC(=O)OC(C)(C)C)C(N)=O. The molecule has 0 aromatic rings. The number of primary amides is 1. The van der Waals surface area contributed by atoms with Crippen molar-refractivity contribution in [1.82, 2.24) is 16.0 Å². The van der Waals surface area contributed by atoms with Crippen LogP contribution in [-0.4, -0.2) is 110 Å². The molecule has 0 unspecified atom stereocenters. The molecule has 0 aromatic heterocycles. The Bertz CT molecular complexity index is 1290. The molecule has 4 amide bonds. The summed E-state index contributed by atoms with van der Waals surface area (Å²) in [6.07, 6.45) is 3.31. The van der Waals surface area contributed by atoms with E-state index in [-0.39, 0.29) is 25.4 Å². The number of hydrogen-bond donors (Lipinski definition) is 4. The molecular formula is C36H63N7O11. The Hall–Kier alpha value is -3.54. The van der Waals surface area contributed by atoms with E-state index < -0.39 is 83.9 Å². The van der Waals surface area contributed by atoms with Gasteiger partial charge in [-0.05, 0) is 73.3 Å². The Balaban J connectivity index is 2.03. The second-order valence-corrected chi connectivity index (χ2v) is 15.3. The van der Waals surface area contributed by atoms with Crippen LogP contribution in [-0.2, 0) is 52.4 Å². The van der Waals surface area contributed by atoms with Crippen LogP contribution in [0.1, 0.15) is 120 Å². The highest BCUT2D eigenvalue weighted by molar-refractivity contribution is 5.92. The van der Waals surface area contributed by atoms with Gasteiger partial charge in [0.25, 0.3) is 0 Å². The quantitative estimate of drug-likeness (QED) is 0.0386. The van der Waals surface area contributed by atoms with Crippen molar-refractivity contribution in [1.29, 1.82) is 0 Å². The first-order valence-corrected chi connectivity index (χ1v) is 19.0. The van der Waals surface area contributed by atoms with Gasteiger partial charge in [-0.25, -0.2) is 0 Å². The number of rotatable bonds is 23. The highest BCUT2D eigenvalue weighted by Gasteiger charge is 2.53. The molecule has 2 rings (SSSR count). The largest absolute Gasteiger partial charge is 0.460 e. The van der Waals surface area contributed by atoms with Gasteiger partial charge in [0.15, 0.2) is 12.1 Å². The van der Waals surface area contributed by atoms with Gasteiger partial charge in [-0.3, -0.25) is 24.0 Å². The van der Waals surface area contributed by atoms with Gasteiger partial charge >= 0.3 is 5.97 Å². The molecule has 2 fully saturated rings. The summed E-state index contributed by atoms with van der Waals surface area (Å²) in [6.45, 7) is 13.9. The molecule has 308 valence electrons. The lowest BCUT2D eigenvalue weighted by Gasteiger charge is -2.51. The van der Waals surface area contributed by atoms with Crippen LogP contribution in [0.25, 0.3) is 10.4 Å². The summed E-state index contributed by atoms with van der Waals surface area (Å²) in [4.78, 5) is 65.8. The summed E-state index contributed by atoms with van der Waals surface area (Å²) in [7, 11) is 0. The fourth-order valence-corrected chi connectivity index (χ4v) is 6.04. The minimum absolute atomic E-state index is 0.0848. The Labute approximate surface area is 318 Å². The molecule has 0 saturated carbocycles. The lowest BCUT2D eigenvalue weighted by molar-refractivity contribution is -0.373. The second-order valence-electron chi connectivity index (χ2n) is 15.3. The molecule has 5 N–H and O–H groups in total. The van der Waals surface area contributed by atoms with Crippen LogP contribution in [0.3, 0.4) is 0 Å². The minimum atomic E-state index is -1.17. The van der Waals surface area contributed by atoms with Gasteiger partial charge in [-0.15, -0.1) is 0 Å². The van der Waals surface area contributed by atoms with Crippen molar-refractivity contribution in [2.45, 2.75) is 180 Å². The Morgan fingerprint density at radius 2 is 1.61 bits per heavy atom. The zero-order valence-corrected chi connectivity index (χ0v) is 33.2. The van der Waals surface area contributed by atoms with Gasteiger partial charge < -0.3 is 50.1 Å². The number of unbranched alkanes of at least 4 members (excludes halogenated alkanes) is 7. The average Bonchev–Trinajstić information content (AvgIpc) is 3.06. The van der Waals surface area contributed by atoms with Crippen molar-refractivity contribution >= 4 is 29.6 Å². The molecule has 2 aliphatic heterocycles. The van der Waals surface area contributed by atoms with Gasteiger partial charge in [0.1, 0.15) is 48.1 Å². The van der Waals surface area contributed by atoms with Crippen LogP contribution in [0.2, 0.25) is 0 Å². The summed E-state index contributed by atoms with van der Waals surface area (Å²) in [5.74, 6) is -4.12. The molecular weight excluding hydrogens is 706 g/mol. The third-order valence-electron chi connectivity index (χ3n) is 8.73. The van der Waals surface area contributed by atoms with Crippen LogP contribution in [0.5, 0.6) is 0 Å². The van der Waals surface area contributed by atoms with Crippen molar-refractivity contribution in [2.24, 2.45) is 10.8 Å². The fraction of sp³-hybridized carbons (Fsp3) is 0.861. The monoisotopic (exact) mass is 769 g/mol. The van der Waals surface area contributed by atoms with Crippen LogP contribution in [0.4, 0.5) is 0 Å².